The molecule has 4 rings (SSSR count). The van der Waals surface area contributed by atoms with Crippen LogP contribution < -0.4 is 5.73 Å². The lowest BCUT2D eigenvalue weighted by Gasteiger charge is -2.27. The monoisotopic (exact) mass is 486 g/mol. The lowest BCUT2D eigenvalue weighted by atomic mass is 10.2. The van der Waals surface area contributed by atoms with E-state index in [9.17, 15) is 0 Å². The van der Waals surface area contributed by atoms with Crippen molar-refractivity contribution in [2.75, 3.05) is 24.6 Å². The van der Waals surface area contributed by atoms with E-state index in [1.165, 1.54) is 0 Å². The lowest BCUT2D eigenvalue weighted by molar-refractivity contribution is 0.455. The van der Waals surface area contributed by atoms with Gasteiger partial charge < -0.3 is 15.1 Å². The first-order chi connectivity index (χ1) is 11.8. The minimum atomic E-state index is 0. The van der Waals surface area contributed by atoms with Crippen LogP contribution in [0, 0.1) is 0 Å². The summed E-state index contributed by atoms with van der Waals surface area (Å²) in [5.41, 5.74) is 7.83. The molecule has 0 spiro atoms. The molecule has 0 amide bonds. The van der Waals surface area contributed by atoms with Gasteiger partial charge in [0.15, 0.2) is 11.7 Å². The van der Waals surface area contributed by atoms with Crippen LogP contribution in [0.3, 0.4) is 0 Å². The van der Waals surface area contributed by atoms with Gasteiger partial charge in [0, 0.05) is 35.4 Å². The quantitative estimate of drug-likeness (QED) is 0.344. The summed E-state index contributed by atoms with van der Waals surface area (Å²) in [6, 6.07) is 10.0. The van der Waals surface area contributed by atoms with E-state index in [1.54, 1.807) is 11.3 Å². The molecule has 1 saturated heterocycles. The van der Waals surface area contributed by atoms with Crippen molar-refractivity contribution in [3.05, 3.63) is 40.7 Å². The van der Waals surface area contributed by atoms with Gasteiger partial charge >= 0.3 is 0 Å². The number of furan rings is 1. The highest BCUT2D eigenvalue weighted by Gasteiger charge is 2.13. The Hall–Kier alpha value is -1.26. The Labute approximate surface area is 171 Å². The van der Waals surface area contributed by atoms with Crippen LogP contribution in [-0.2, 0) is 6.54 Å². The van der Waals surface area contributed by atoms with Crippen LogP contribution in [0.1, 0.15) is 5.01 Å². The molecule has 2 aromatic heterocycles. The molecule has 0 aliphatic carbocycles. The first-order valence-electron chi connectivity index (χ1n) is 7.85. The van der Waals surface area contributed by atoms with Crippen LogP contribution in [0.2, 0.25) is 0 Å². The van der Waals surface area contributed by atoms with Crippen LogP contribution in [0.25, 0.3) is 22.4 Å². The predicted octanol–water partition coefficient (Wildman–Crippen LogP) is 4.04. The van der Waals surface area contributed by atoms with Crippen molar-refractivity contribution < 1.29 is 4.42 Å². The lowest BCUT2D eigenvalue weighted by Crippen LogP contribution is -2.42. The van der Waals surface area contributed by atoms with Gasteiger partial charge in [-0.1, -0.05) is 18.2 Å². The van der Waals surface area contributed by atoms with E-state index in [1.807, 2.05) is 47.5 Å². The summed E-state index contributed by atoms with van der Waals surface area (Å²) < 4.78 is 5.86. The number of rotatable bonds is 3. The van der Waals surface area contributed by atoms with E-state index in [-0.39, 0.29) is 24.0 Å². The maximum absolute atomic E-state index is 6.09. The largest absolute Gasteiger partial charge is 0.454 e. The molecule has 5 nitrogen and oxygen atoms in total. The Kier molecular flexibility index (Phi) is 6.24. The highest BCUT2D eigenvalue weighted by molar-refractivity contribution is 14.0. The average molecular weight is 486 g/mol. The average Bonchev–Trinajstić information content (AvgIpc) is 3.27. The molecular formula is C17H19IN4OS2. The third-order valence-electron chi connectivity index (χ3n) is 3.94. The number of guanidine groups is 1. The summed E-state index contributed by atoms with van der Waals surface area (Å²) in [6.45, 7) is 2.46. The van der Waals surface area contributed by atoms with E-state index in [2.05, 4.69) is 14.9 Å². The maximum atomic E-state index is 6.09. The molecule has 2 N–H and O–H groups in total. The number of nitrogens with zero attached hydrogens (tertiary/aromatic N) is 3. The number of halogens is 1. The molecule has 3 heterocycles. The summed E-state index contributed by atoms with van der Waals surface area (Å²) in [7, 11) is 0. The van der Waals surface area contributed by atoms with Gasteiger partial charge in [-0.25, -0.2) is 9.98 Å². The highest BCUT2D eigenvalue weighted by Crippen LogP contribution is 2.28. The standard InChI is InChI=1S/C17H18N4OS2.HI/c18-17(21-5-7-23-8-6-21)19-10-16-20-13(11-24-16)15-9-12-3-1-2-4-14(12)22-15;/h1-4,9,11H,5-8,10H2,(H2,18,19);1H. The van der Waals surface area contributed by atoms with Crippen LogP contribution in [0.5, 0.6) is 0 Å². The van der Waals surface area contributed by atoms with Gasteiger partial charge in [-0.15, -0.1) is 35.3 Å². The summed E-state index contributed by atoms with van der Waals surface area (Å²) in [5.74, 6) is 3.65. The van der Waals surface area contributed by atoms with Crippen LogP contribution >= 0.6 is 47.1 Å². The van der Waals surface area contributed by atoms with Crippen molar-refractivity contribution in [2.24, 2.45) is 10.7 Å². The smallest absolute Gasteiger partial charge is 0.191 e. The van der Waals surface area contributed by atoms with E-state index in [0.717, 1.165) is 52.0 Å². The molecular weight excluding hydrogens is 467 g/mol. The molecule has 0 radical (unpaired) electrons. The highest BCUT2D eigenvalue weighted by atomic mass is 127. The summed E-state index contributed by atoms with van der Waals surface area (Å²) in [4.78, 5) is 11.3. The molecule has 8 heteroatoms. The normalized spacial score (nSPS) is 15.4. The van der Waals surface area contributed by atoms with Gasteiger partial charge in [0.05, 0.1) is 6.54 Å². The van der Waals surface area contributed by atoms with Crippen molar-refractivity contribution in [2.45, 2.75) is 6.54 Å². The van der Waals surface area contributed by atoms with Crippen LogP contribution in [0.4, 0.5) is 0 Å². The van der Waals surface area contributed by atoms with Gasteiger partial charge in [0.1, 0.15) is 16.3 Å². The fourth-order valence-electron chi connectivity index (χ4n) is 2.65. The zero-order valence-electron chi connectivity index (χ0n) is 13.6. The molecule has 3 aromatic rings. The number of hydrogen-bond donors (Lipinski definition) is 1. The summed E-state index contributed by atoms with van der Waals surface area (Å²) >= 11 is 3.55. The molecule has 1 fully saturated rings. The van der Waals surface area contributed by atoms with E-state index >= 15 is 0 Å². The van der Waals surface area contributed by atoms with E-state index in [0.29, 0.717) is 12.5 Å². The topological polar surface area (TPSA) is 67.6 Å². The third kappa shape index (κ3) is 4.29. The second-order valence-corrected chi connectivity index (χ2v) is 7.72. The Morgan fingerprint density at radius 2 is 2.08 bits per heavy atom. The van der Waals surface area contributed by atoms with Gasteiger partial charge in [0.25, 0.3) is 0 Å². The second-order valence-electron chi connectivity index (χ2n) is 5.55. The molecule has 0 bridgehead atoms. The zero-order valence-corrected chi connectivity index (χ0v) is 17.5. The van der Waals surface area contributed by atoms with Crippen molar-refractivity contribution in [3.63, 3.8) is 0 Å². The van der Waals surface area contributed by atoms with Crippen molar-refractivity contribution in [1.29, 1.82) is 0 Å². The Balaban J connectivity index is 0.00000182. The van der Waals surface area contributed by atoms with Gasteiger partial charge in [0.2, 0.25) is 0 Å². The SMILES string of the molecule is I.NC(=NCc1nc(-c2cc3ccccc3o2)cs1)N1CCSCC1. The minimum absolute atomic E-state index is 0. The van der Waals surface area contributed by atoms with Crippen LogP contribution in [-0.4, -0.2) is 40.4 Å². The molecule has 132 valence electrons. The Morgan fingerprint density at radius 1 is 1.28 bits per heavy atom. The number of thiazole rings is 1. The second kappa shape index (κ2) is 8.41. The maximum Gasteiger partial charge on any atom is 0.191 e. The fraction of sp³-hybridized carbons (Fsp3) is 0.294. The van der Waals surface area contributed by atoms with E-state index in [4.69, 9.17) is 10.2 Å². The number of hydrogen-bond acceptors (Lipinski definition) is 5. The molecule has 1 aliphatic heterocycles. The summed E-state index contributed by atoms with van der Waals surface area (Å²) in [6.07, 6.45) is 0. The molecule has 1 aliphatic rings. The van der Waals surface area contributed by atoms with Crippen LogP contribution in [0.15, 0.2) is 45.1 Å². The van der Waals surface area contributed by atoms with Crippen molar-refractivity contribution in [1.82, 2.24) is 9.88 Å². The first-order valence-corrected chi connectivity index (χ1v) is 9.89. The summed E-state index contributed by atoms with van der Waals surface area (Å²) in [5, 5.41) is 4.04. The Morgan fingerprint density at radius 3 is 2.88 bits per heavy atom. The van der Waals surface area contributed by atoms with Crippen molar-refractivity contribution in [3.8, 4) is 11.5 Å². The van der Waals surface area contributed by atoms with Crippen molar-refractivity contribution >= 4 is 64.0 Å². The third-order valence-corrected chi connectivity index (χ3v) is 5.72. The minimum Gasteiger partial charge on any atom is -0.454 e. The molecule has 1 aromatic carbocycles. The zero-order chi connectivity index (χ0) is 16.4. The number of thioether (sulfide) groups is 1. The fourth-order valence-corrected chi connectivity index (χ4v) is 4.26. The Bertz CT molecular complexity index is 837. The number of para-hydroxylation sites is 1. The number of aliphatic imine (C=N–C) groups is 1. The predicted molar refractivity (Wildman–Crippen MR) is 117 cm³/mol. The van der Waals surface area contributed by atoms with E-state index < -0.39 is 0 Å². The molecule has 0 saturated carbocycles. The molecule has 0 unspecified atom stereocenters. The molecule has 25 heavy (non-hydrogen) atoms. The first kappa shape index (κ1) is 18.5. The number of nitrogens with two attached hydrogens (primary N) is 1. The molecule has 0 atom stereocenters. The number of aromatic nitrogens is 1. The number of fused-ring (bicyclic) bond motifs is 1. The van der Waals surface area contributed by atoms with Gasteiger partial charge in [-0.3, -0.25) is 0 Å². The number of benzene rings is 1. The van der Waals surface area contributed by atoms with Gasteiger partial charge in [-0.2, -0.15) is 11.8 Å². The van der Waals surface area contributed by atoms with Gasteiger partial charge in [-0.05, 0) is 12.1 Å².